The molecule has 7 aromatic carbocycles. The SMILES string of the molecule is Cc1cc(-c2ccc3c(c2)c2ccccc2n3-c2ccc(C#N)cc2-c2cc(-n3c4ccccc4c4cc(-c5cc(C(F)(F)F)cc(C(F)(F)F)c5)ccc43)ccn2)cc(C(F)(F)F)c1. The first-order chi connectivity index (χ1) is 31.0. The van der Waals surface area contributed by atoms with Crippen molar-refractivity contribution in [2.75, 3.05) is 0 Å². The number of pyridine rings is 1. The number of benzene rings is 7. The van der Waals surface area contributed by atoms with E-state index in [4.69, 9.17) is 4.98 Å². The van der Waals surface area contributed by atoms with Crippen LogP contribution in [0.3, 0.4) is 0 Å². The quantitative estimate of drug-likeness (QED) is 0.162. The van der Waals surface area contributed by atoms with Crippen molar-refractivity contribution in [3.8, 4) is 51.0 Å². The van der Waals surface area contributed by atoms with Crippen molar-refractivity contribution in [2.24, 2.45) is 0 Å². The monoisotopic (exact) mass is 880 g/mol. The first kappa shape index (κ1) is 41.2. The fourth-order valence-corrected chi connectivity index (χ4v) is 8.79. The number of fused-ring (bicyclic) bond motifs is 6. The number of para-hydroxylation sites is 2. The van der Waals surface area contributed by atoms with Gasteiger partial charge in [0.25, 0.3) is 0 Å². The molecule has 13 heteroatoms. The number of aryl methyl sites for hydroxylation is 1. The van der Waals surface area contributed by atoms with Gasteiger partial charge in [-0.2, -0.15) is 44.8 Å². The number of halogens is 9. The van der Waals surface area contributed by atoms with Gasteiger partial charge in [-0.15, -0.1) is 0 Å². The molecule has 0 aliphatic rings. The van der Waals surface area contributed by atoms with E-state index in [1.165, 1.54) is 6.07 Å². The van der Waals surface area contributed by atoms with Crippen molar-refractivity contribution in [1.29, 1.82) is 5.26 Å². The largest absolute Gasteiger partial charge is 0.416 e. The minimum absolute atomic E-state index is 0.106. The Hall–Kier alpha value is -7.85. The number of hydrogen-bond acceptors (Lipinski definition) is 2. The van der Waals surface area contributed by atoms with Crippen LogP contribution in [0.15, 0.2) is 158 Å². The van der Waals surface area contributed by atoms with E-state index in [1.54, 1.807) is 61.7 Å². The van der Waals surface area contributed by atoms with Gasteiger partial charge in [0.1, 0.15) is 0 Å². The second kappa shape index (κ2) is 14.9. The van der Waals surface area contributed by atoms with Crippen molar-refractivity contribution >= 4 is 43.6 Å². The van der Waals surface area contributed by atoms with E-state index < -0.39 is 35.2 Å². The maximum Gasteiger partial charge on any atom is 0.416 e. The molecule has 0 aliphatic heterocycles. The van der Waals surface area contributed by atoms with Crippen molar-refractivity contribution in [3.05, 3.63) is 186 Å². The number of nitrogens with zero attached hydrogens (tertiary/aromatic N) is 4. The van der Waals surface area contributed by atoms with Gasteiger partial charge in [0.15, 0.2) is 0 Å². The molecule has 0 amide bonds. The minimum Gasteiger partial charge on any atom is -0.309 e. The van der Waals surface area contributed by atoms with Crippen LogP contribution in [0.25, 0.3) is 88.5 Å². The molecule has 65 heavy (non-hydrogen) atoms. The molecular formula is C52H29F9N4. The van der Waals surface area contributed by atoms with Gasteiger partial charge < -0.3 is 9.13 Å². The molecule has 0 fully saturated rings. The summed E-state index contributed by atoms with van der Waals surface area (Å²) >= 11 is 0. The molecule has 0 aliphatic carbocycles. The highest BCUT2D eigenvalue weighted by Crippen LogP contribution is 2.43. The van der Waals surface area contributed by atoms with Crippen molar-refractivity contribution in [1.82, 2.24) is 14.1 Å². The zero-order valence-corrected chi connectivity index (χ0v) is 33.7. The molecule has 0 N–H and O–H groups in total. The molecule has 4 nitrogen and oxygen atoms in total. The number of nitriles is 1. The summed E-state index contributed by atoms with van der Waals surface area (Å²) in [6.45, 7) is 1.62. The van der Waals surface area contributed by atoms with Gasteiger partial charge in [-0.25, -0.2) is 0 Å². The Bertz CT molecular complexity index is 3570. The lowest BCUT2D eigenvalue weighted by Gasteiger charge is -2.16. The average molecular weight is 881 g/mol. The predicted molar refractivity (Wildman–Crippen MR) is 234 cm³/mol. The van der Waals surface area contributed by atoms with Gasteiger partial charge in [0, 0.05) is 39.0 Å². The lowest BCUT2D eigenvalue weighted by atomic mass is 9.97. The van der Waals surface area contributed by atoms with Crippen LogP contribution >= 0.6 is 0 Å². The summed E-state index contributed by atoms with van der Waals surface area (Å²) in [5.41, 5.74) is 3.42. The second-order valence-electron chi connectivity index (χ2n) is 15.8. The number of aromatic nitrogens is 3. The lowest BCUT2D eigenvalue weighted by molar-refractivity contribution is -0.143. The normalized spacial score (nSPS) is 12.4. The molecule has 0 radical (unpaired) electrons. The Labute approximate surface area is 363 Å². The van der Waals surface area contributed by atoms with Crippen LogP contribution < -0.4 is 0 Å². The van der Waals surface area contributed by atoms with E-state index in [9.17, 15) is 44.8 Å². The van der Waals surface area contributed by atoms with E-state index >= 15 is 0 Å². The molecule has 10 aromatic rings. The average Bonchev–Trinajstić information content (AvgIpc) is 3.80. The predicted octanol–water partition coefficient (Wildman–Crippen LogP) is 15.5. The highest BCUT2D eigenvalue weighted by molar-refractivity contribution is 6.12. The molecule has 3 heterocycles. The van der Waals surface area contributed by atoms with E-state index in [2.05, 4.69) is 6.07 Å². The first-order valence-corrected chi connectivity index (χ1v) is 20.0. The molecule has 3 aromatic heterocycles. The standard InChI is InChI=1S/C52H29F9N4/c1-29-18-33(21-35(19-29)50(53,54)55)31-12-15-48-42(24-31)40-7-3-5-9-46(40)65(48)49-13-10-30(28-62)20-43(49)44-27-38(16-17-63-44)64-45-8-4-2-6-39(45)41-25-32(11-14-47(41)64)34-22-36(51(56,57)58)26-37(23-34)52(59,60)61/h2-27H,1H3. The van der Waals surface area contributed by atoms with Crippen molar-refractivity contribution < 1.29 is 39.5 Å². The molecule has 320 valence electrons. The van der Waals surface area contributed by atoms with Crippen LogP contribution in [0.2, 0.25) is 0 Å². The summed E-state index contributed by atoms with van der Waals surface area (Å²) in [5.74, 6) is 0. The number of alkyl halides is 9. The summed E-state index contributed by atoms with van der Waals surface area (Å²) in [5, 5.41) is 13.0. The topological polar surface area (TPSA) is 46.5 Å². The van der Waals surface area contributed by atoms with Crippen LogP contribution in [-0.2, 0) is 18.5 Å². The van der Waals surface area contributed by atoms with Crippen LogP contribution in [0.4, 0.5) is 39.5 Å². The maximum absolute atomic E-state index is 13.9. The molecule has 0 spiro atoms. The van der Waals surface area contributed by atoms with Crippen molar-refractivity contribution in [2.45, 2.75) is 25.5 Å². The second-order valence-corrected chi connectivity index (χ2v) is 15.8. The smallest absolute Gasteiger partial charge is 0.309 e. The first-order valence-electron chi connectivity index (χ1n) is 20.0. The van der Waals surface area contributed by atoms with Gasteiger partial charge >= 0.3 is 18.5 Å². The van der Waals surface area contributed by atoms with Crippen LogP contribution in [-0.4, -0.2) is 14.1 Å². The third kappa shape index (κ3) is 7.21. The number of hydrogen-bond donors (Lipinski definition) is 0. The molecule has 0 unspecified atom stereocenters. The Kier molecular flexibility index (Phi) is 9.42. The third-order valence-corrected chi connectivity index (χ3v) is 11.6. The van der Waals surface area contributed by atoms with E-state index in [0.717, 1.165) is 33.9 Å². The zero-order valence-electron chi connectivity index (χ0n) is 33.7. The summed E-state index contributed by atoms with van der Waals surface area (Å²) in [6, 6.07) is 41.8. The maximum atomic E-state index is 13.9. The van der Waals surface area contributed by atoms with Gasteiger partial charge in [-0.1, -0.05) is 54.6 Å². The fourth-order valence-electron chi connectivity index (χ4n) is 8.79. The summed E-state index contributed by atoms with van der Waals surface area (Å²) < 4.78 is 129. The highest BCUT2D eigenvalue weighted by atomic mass is 19.4. The zero-order chi connectivity index (χ0) is 45.6. The summed E-state index contributed by atoms with van der Waals surface area (Å²) in [4.78, 5) is 4.77. The highest BCUT2D eigenvalue weighted by Gasteiger charge is 2.37. The Morgan fingerprint density at radius 2 is 0.969 bits per heavy atom. The minimum atomic E-state index is -5.01. The van der Waals surface area contributed by atoms with Crippen LogP contribution in [0, 0.1) is 18.3 Å². The Morgan fingerprint density at radius 1 is 0.462 bits per heavy atom. The Balaban J connectivity index is 1.13. The van der Waals surface area contributed by atoms with E-state index in [0.29, 0.717) is 78.8 Å². The van der Waals surface area contributed by atoms with Gasteiger partial charge in [-0.3, -0.25) is 4.98 Å². The fraction of sp³-hybridized carbons (Fsp3) is 0.0769. The molecular weight excluding hydrogens is 852 g/mol. The van der Waals surface area contributed by atoms with E-state index in [-0.39, 0.29) is 17.2 Å². The van der Waals surface area contributed by atoms with Crippen molar-refractivity contribution in [3.63, 3.8) is 0 Å². The van der Waals surface area contributed by atoms with Gasteiger partial charge in [0.2, 0.25) is 0 Å². The summed E-state index contributed by atoms with van der Waals surface area (Å²) in [6.07, 6.45) is -12.9. The Morgan fingerprint density at radius 3 is 1.54 bits per heavy atom. The molecule has 10 rings (SSSR count). The van der Waals surface area contributed by atoms with Crippen LogP contribution in [0.5, 0.6) is 0 Å². The van der Waals surface area contributed by atoms with E-state index in [1.807, 2.05) is 75.9 Å². The molecule has 0 bridgehead atoms. The van der Waals surface area contributed by atoms with Gasteiger partial charge in [0.05, 0.1) is 61.8 Å². The van der Waals surface area contributed by atoms with Gasteiger partial charge in [-0.05, 0) is 132 Å². The number of rotatable bonds is 5. The third-order valence-electron chi connectivity index (χ3n) is 11.6. The van der Waals surface area contributed by atoms with Crippen LogP contribution in [0.1, 0.15) is 27.8 Å². The molecule has 0 saturated heterocycles. The molecule has 0 atom stereocenters. The lowest BCUT2D eigenvalue weighted by Crippen LogP contribution is -2.11. The molecule has 0 saturated carbocycles. The summed E-state index contributed by atoms with van der Waals surface area (Å²) in [7, 11) is 0.